The highest BCUT2D eigenvalue weighted by Gasteiger charge is 2.38. The second-order valence-electron chi connectivity index (χ2n) is 4.12. The first kappa shape index (κ1) is 23.5. The lowest BCUT2D eigenvalue weighted by atomic mass is 10.1. The predicted octanol–water partition coefficient (Wildman–Crippen LogP) is 2.51. The van der Waals surface area contributed by atoms with Crippen LogP contribution >= 0.6 is 0 Å². The summed E-state index contributed by atoms with van der Waals surface area (Å²) in [6, 6.07) is 6.94. The smallest absolute Gasteiger partial charge is 0.490 e. The number of aromatic nitrogens is 3. The van der Waals surface area contributed by atoms with Crippen LogP contribution in [0.5, 0.6) is 5.75 Å². The van der Waals surface area contributed by atoms with E-state index in [0.29, 0.717) is 11.3 Å². The van der Waals surface area contributed by atoms with Crippen LogP contribution in [0, 0.1) is 0 Å². The summed E-state index contributed by atoms with van der Waals surface area (Å²) in [5.41, 5.74) is 1.21. The maximum absolute atomic E-state index is 10.6. The van der Waals surface area contributed by atoms with Gasteiger partial charge in [0.15, 0.2) is 0 Å². The topological polar surface area (TPSA) is 134 Å². The van der Waals surface area contributed by atoms with Gasteiger partial charge in [-0.05, 0) is 12.1 Å². The number of rotatable bonds is 1. The fourth-order valence-electron chi connectivity index (χ4n) is 1.06. The van der Waals surface area contributed by atoms with E-state index in [1.807, 2.05) is 6.07 Å². The van der Waals surface area contributed by atoms with E-state index >= 15 is 0 Å². The van der Waals surface area contributed by atoms with Crippen LogP contribution in [0.25, 0.3) is 11.3 Å². The number of carbonyl (C=O) groups is 2. The summed E-state index contributed by atoms with van der Waals surface area (Å²) in [6.45, 7) is 0. The van der Waals surface area contributed by atoms with Crippen molar-refractivity contribution in [1.82, 2.24) is 15.2 Å². The molecule has 148 valence electrons. The molecule has 0 aliphatic rings. The molecule has 27 heavy (non-hydrogen) atoms. The van der Waals surface area contributed by atoms with Gasteiger partial charge >= 0.3 is 24.3 Å². The van der Waals surface area contributed by atoms with E-state index < -0.39 is 24.3 Å². The van der Waals surface area contributed by atoms with Gasteiger partial charge in [0.2, 0.25) is 0 Å². The Balaban J connectivity index is 0.000000416. The molecule has 1 heterocycles. The lowest BCUT2D eigenvalue weighted by Crippen LogP contribution is -2.21. The summed E-state index contributed by atoms with van der Waals surface area (Å²) in [5.74, 6) is -5.33. The molecule has 8 nitrogen and oxygen atoms in total. The minimum Gasteiger partial charge on any atom is -0.507 e. The first-order valence-electron chi connectivity index (χ1n) is 6.28. The summed E-state index contributed by atoms with van der Waals surface area (Å²) in [7, 11) is 0. The number of hydrogen-bond acceptors (Lipinski definition) is 6. The minimum absolute atomic E-state index is 0.185. The fourth-order valence-corrected chi connectivity index (χ4v) is 1.06. The average Bonchev–Trinajstić information content (AvgIpc) is 2.55. The van der Waals surface area contributed by atoms with Crippen LogP contribution < -0.4 is 0 Å². The van der Waals surface area contributed by atoms with Gasteiger partial charge in [0, 0.05) is 5.56 Å². The largest absolute Gasteiger partial charge is 0.507 e. The number of aromatic hydroxyl groups is 1. The molecule has 1 aromatic carbocycles. The highest BCUT2D eigenvalue weighted by molar-refractivity contribution is 5.73. The molecule has 0 radical (unpaired) electrons. The minimum atomic E-state index is -5.08. The summed E-state index contributed by atoms with van der Waals surface area (Å²) in [4.78, 5) is 21.6. The second kappa shape index (κ2) is 9.88. The number of para-hydroxylation sites is 1. The van der Waals surface area contributed by atoms with Crippen molar-refractivity contribution >= 4 is 11.9 Å². The van der Waals surface area contributed by atoms with Crippen molar-refractivity contribution in [3.63, 3.8) is 0 Å². The number of phenolic OH excluding ortho intramolecular Hbond substituents is 1. The molecular formula is C13H9F6N3O5. The second-order valence-corrected chi connectivity index (χ2v) is 4.12. The van der Waals surface area contributed by atoms with Crippen molar-refractivity contribution in [3.05, 3.63) is 36.8 Å². The third kappa shape index (κ3) is 9.57. The SMILES string of the molecule is O=C(O)C(F)(F)F.O=C(O)C(F)(F)F.Oc1ccccc1-c1cncnn1. The van der Waals surface area contributed by atoms with Crippen LogP contribution in [0.2, 0.25) is 0 Å². The molecule has 2 rings (SSSR count). The molecule has 0 spiro atoms. The van der Waals surface area contributed by atoms with Gasteiger partial charge in [0.25, 0.3) is 0 Å². The Kier molecular flexibility index (Phi) is 8.62. The normalized spacial score (nSPS) is 10.6. The molecule has 0 unspecified atom stereocenters. The van der Waals surface area contributed by atoms with E-state index in [1.165, 1.54) is 6.33 Å². The van der Waals surface area contributed by atoms with Gasteiger partial charge in [0.05, 0.1) is 6.20 Å². The van der Waals surface area contributed by atoms with E-state index in [4.69, 9.17) is 19.8 Å². The summed E-state index contributed by atoms with van der Waals surface area (Å²) < 4.78 is 63.5. The Morgan fingerprint density at radius 3 is 1.67 bits per heavy atom. The van der Waals surface area contributed by atoms with Gasteiger partial charge in [-0.15, -0.1) is 10.2 Å². The number of benzene rings is 1. The first-order valence-corrected chi connectivity index (χ1v) is 6.28. The van der Waals surface area contributed by atoms with Gasteiger partial charge in [0.1, 0.15) is 17.8 Å². The molecular weight excluding hydrogens is 392 g/mol. The van der Waals surface area contributed by atoms with Crippen molar-refractivity contribution in [3.8, 4) is 17.0 Å². The highest BCUT2D eigenvalue weighted by Crippen LogP contribution is 2.25. The summed E-state index contributed by atoms with van der Waals surface area (Å²) in [6.07, 6.45) is -7.26. The number of nitrogens with zero attached hydrogens (tertiary/aromatic N) is 3. The van der Waals surface area contributed by atoms with Crippen LogP contribution in [0.4, 0.5) is 26.3 Å². The third-order valence-corrected chi connectivity index (χ3v) is 2.15. The zero-order valence-electron chi connectivity index (χ0n) is 12.7. The van der Waals surface area contributed by atoms with E-state index in [9.17, 15) is 31.4 Å². The number of aliphatic carboxylic acids is 2. The molecule has 3 N–H and O–H groups in total. The molecule has 2 aromatic rings. The quantitative estimate of drug-likeness (QED) is 0.621. The van der Waals surface area contributed by atoms with Crippen LogP contribution in [0.1, 0.15) is 0 Å². The van der Waals surface area contributed by atoms with Crippen LogP contribution in [-0.4, -0.2) is 54.8 Å². The Morgan fingerprint density at radius 2 is 1.33 bits per heavy atom. The maximum atomic E-state index is 10.6. The van der Waals surface area contributed by atoms with Crippen LogP contribution in [0.15, 0.2) is 36.8 Å². The van der Waals surface area contributed by atoms with Crippen molar-refractivity contribution in [2.24, 2.45) is 0 Å². The summed E-state index contributed by atoms with van der Waals surface area (Å²) >= 11 is 0. The van der Waals surface area contributed by atoms with E-state index in [2.05, 4.69) is 15.2 Å². The summed E-state index contributed by atoms with van der Waals surface area (Å²) in [5, 5.41) is 31.2. The Morgan fingerprint density at radius 1 is 0.889 bits per heavy atom. The molecule has 0 amide bonds. The van der Waals surface area contributed by atoms with E-state index in [1.54, 1.807) is 24.4 Å². The first-order chi connectivity index (χ1) is 12.3. The zero-order chi connectivity index (χ0) is 21.3. The molecule has 0 saturated heterocycles. The fraction of sp³-hybridized carbons (Fsp3) is 0.154. The number of carboxylic acid groups (broad SMARTS) is 2. The molecule has 14 heteroatoms. The standard InChI is InChI=1S/C9H7N3O.2C2HF3O2/c13-9-4-2-1-3-7(9)8-5-10-6-11-12-8;2*3-2(4,5)1(6)7/h1-6,13H;2*(H,6,7). The van der Waals surface area contributed by atoms with Crippen molar-refractivity contribution in [2.45, 2.75) is 12.4 Å². The number of halogens is 6. The molecule has 0 atom stereocenters. The van der Waals surface area contributed by atoms with Gasteiger partial charge in [-0.3, -0.25) is 0 Å². The predicted molar refractivity (Wildman–Crippen MR) is 74.3 cm³/mol. The van der Waals surface area contributed by atoms with Crippen LogP contribution in [-0.2, 0) is 9.59 Å². The van der Waals surface area contributed by atoms with Crippen LogP contribution in [0.3, 0.4) is 0 Å². The molecule has 0 bridgehead atoms. The number of phenols is 1. The highest BCUT2D eigenvalue weighted by atomic mass is 19.4. The van der Waals surface area contributed by atoms with Gasteiger partial charge < -0.3 is 15.3 Å². The number of hydrogen-bond donors (Lipinski definition) is 3. The Labute approximate surface area is 145 Å². The molecule has 0 fully saturated rings. The molecule has 0 saturated carbocycles. The number of carboxylic acids is 2. The van der Waals surface area contributed by atoms with Crippen molar-refractivity contribution in [1.29, 1.82) is 0 Å². The Hall–Kier alpha value is -3.45. The monoisotopic (exact) mass is 401 g/mol. The molecule has 0 aliphatic carbocycles. The van der Waals surface area contributed by atoms with Crippen molar-refractivity contribution in [2.75, 3.05) is 0 Å². The van der Waals surface area contributed by atoms with Gasteiger partial charge in [-0.25, -0.2) is 14.6 Å². The number of alkyl halides is 6. The molecule has 0 aliphatic heterocycles. The lowest BCUT2D eigenvalue weighted by Gasteiger charge is -2.00. The Bertz CT molecular complexity index is 728. The lowest BCUT2D eigenvalue weighted by molar-refractivity contribution is -0.193. The van der Waals surface area contributed by atoms with Gasteiger partial charge in [-0.2, -0.15) is 26.3 Å². The third-order valence-electron chi connectivity index (χ3n) is 2.15. The van der Waals surface area contributed by atoms with E-state index in [0.717, 1.165) is 0 Å². The zero-order valence-corrected chi connectivity index (χ0v) is 12.7. The average molecular weight is 401 g/mol. The maximum Gasteiger partial charge on any atom is 0.490 e. The van der Waals surface area contributed by atoms with E-state index in [-0.39, 0.29) is 5.75 Å². The van der Waals surface area contributed by atoms with Crippen molar-refractivity contribution < 1.29 is 51.3 Å². The molecule has 1 aromatic heterocycles. The van der Waals surface area contributed by atoms with Gasteiger partial charge in [-0.1, -0.05) is 12.1 Å².